The van der Waals surface area contributed by atoms with E-state index >= 15 is 0 Å². The molecular weight excluding hydrogens is 865 g/mol. The van der Waals surface area contributed by atoms with Gasteiger partial charge in [-0.2, -0.15) is 0 Å². The van der Waals surface area contributed by atoms with Gasteiger partial charge in [0.2, 0.25) is 17.7 Å². The molecule has 3 saturated heterocycles. The van der Waals surface area contributed by atoms with Crippen molar-refractivity contribution in [3.63, 3.8) is 0 Å². The number of cyclic esters (lactones) is 1. The Morgan fingerprint density at radius 3 is 2.51 bits per heavy atom. The normalized spacial score (nSPS) is 22.4. The van der Waals surface area contributed by atoms with Crippen molar-refractivity contribution in [2.75, 3.05) is 46.4 Å². The van der Waals surface area contributed by atoms with Crippen molar-refractivity contribution >= 4 is 40.5 Å². The van der Waals surface area contributed by atoms with Crippen molar-refractivity contribution in [3.8, 4) is 28.1 Å². The summed E-state index contributed by atoms with van der Waals surface area (Å²) >= 11 is 0. The lowest BCUT2D eigenvalue weighted by Crippen LogP contribution is -2.62. The summed E-state index contributed by atoms with van der Waals surface area (Å²) in [5.41, 5.74) is 9.61. The number of hydrogen-bond acceptors (Lipinski definition) is 11. The Hall–Kier alpha value is -5.84. The molecule has 0 saturated carbocycles. The van der Waals surface area contributed by atoms with Gasteiger partial charge in [0.05, 0.1) is 30.1 Å². The maximum Gasteiger partial charge on any atom is 0.324 e. The van der Waals surface area contributed by atoms with Crippen molar-refractivity contribution in [1.29, 1.82) is 0 Å². The van der Waals surface area contributed by atoms with Gasteiger partial charge in [-0.05, 0) is 111 Å². The number of nitrogens with one attached hydrogen (secondary N) is 3. The summed E-state index contributed by atoms with van der Waals surface area (Å²) in [6.45, 7) is 14.9. The number of aromatic hydroxyl groups is 1. The van der Waals surface area contributed by atoms with Crippen LogP contribution in [0.2, 0.25) is 0 Å². The molecule has 2 aromatic carbocycles. The average Bonchev–Trinajstić information content (AvgIpc) is 4.12. The van der Waals surface area contributed by atoms with Gasteiger partial charge in [0, 0.05) is 87.3 Å². The third-order valence-electron chi connectivity index (χ3n) is 13.9. The van der Waals surface area contributed by atoms with Crippen LogP contribution >= 0.6 is 0 Å². The zero-order chi connectivity index (χ0) is 48.4. The highest BCUT2D eigenvalue weighted by molar-refractivity contribution is 5.96. The van der Waals surface area contributed by atoms with Crippen LogP contribution in [0.5, 0.6) is 5.75 Å². The Morgan fingerprint density at radius 1 is 1.00 bits per heavy atom. The predicted octanol–water partition coefficient (Wildman–Crippen LogP) is 5.29. The number of rotatable bonds is 9. The number of benzene rings is 2. The van der Waals surface area contributed by atoms with E-state index in [1.54, 1.807) is 30.3 Å². The number of pyridine rings is 1. The molecule has 4 amide bonds. The summed E-state index contributed by atoms with van der Waals surface area (Å²) < 4.78 is 14.2. The van der Waals surface area contributed by atoms with Crippen LogP contribution in [-0.4, -0.2) is 130 Å². The molecule has 4 aliphatic rings. The molecular formula is C52H68N8O8. The van der Waals surface area contributed by atoms with Crippen LogP contribution in [0.1, 0.15) is 96.6 Å². The lowest BCUT2D eigenvalue weighted by molar-refractivity contribution is -0.155. The number of hydrogen-bond donors (Lipinski definition) is 4. The first kappa shape index (κ1) is 48.6. The number of phenolic OH excluding ortho intramolecular Hbond substituents is 1. The van der Waals surface area contributed by atoms with E-state index < -0.39 is 41.3 Å². The molecule has 4 N–H and O–H groups in total. The minimum absolute atomic E-state index is 0.00231. The van der Waals surface area contributed by atoms with Crippen molar-refractivity contribution in [1.82, 2.24) is 40.4 Å². The maximum atomic E-state index is 14.8. The monoisotopic (exact) mass is 933 g/mol. The Kier molecular flexibility index (Phi) is 14.6. The molecule has 16 heteroatoms. The molecule has 6 heterocycles. The van der Waals surface area contributed by atoms with Crippen LogP contribution in [0.3, 0.4) is 0 Å². The molecule has 4 aliphatic heterocycles. The van der Waals surface area contributed by atoms with Crippen LogP contribution in [-0.2, 0) is 52.8 Å². The van der Waals surface area contributed by atoms with E-state index in [-0.39, 0.29) is 68.2 Å². The SMILES string of the molecule is CCn1c(-c2cccnc2[C@H](C)OC)c2c3cc(ccc31)-c1cc(O)cc(c1)C[C@H](NC(=O)C(C(C)C)N1CCCN(C(=O)[C@H]3CN3)CCCC1=O)C(=O)N1CCC[C@H](N1)C(=O)OCC(C)(C)C2. The Bertz CT molecular complexity index is 2550. The van der Waals surface area contributed by atoms with E-state index in [1.165, 1.54) is 5.01 Å². The van der Waals surface area contributed by atoms with Crippen molar-refractivity contribution in [3.05, 3.63) is 71.5 Å². The van der Waals surface area contributed by atoms with E-state index in [9.17, 15) is 29.1 Å². The maximum absolute atomic E-state index is 14.8. The number of esters is 1. The van der Waals surface area contributed by atoms with Gasteiger partial charge in [-0.25, -0.2) is 5.43 Å². The predicted molar refractivity (Wildman–Crippen MR) is 258 cm³/mol. The number of fused-ring (bicyclic) bond motifs is 6. The number of methoxy groups -OCH3 is 1. The summed E-state index contributed by atoms with van der Waals surface area (Å²) in [7, 11) is 1.67. The zero-order valence-electron chi connectivity index (χ0n) is 40.6. The number of phenols is 1. The van der Waals surface area contributed by atoms with Crippen molar-refractivity contribution in [2.45, 2.75) is 123 Å². The zero-order valence-corrected chi connectivity index (χ0v) is 40.6. The fourth-order valence-corrected chi connectivity index (χ4v) is 10.3. The molecule has 68 heavy (non-hydrogen) atoms. The molecule has 0 aliphatic carbocycles. The van der Waals surface area contributed by atoms with Crippen LogP contribution in [0, 0.1) is 11.3 Å². The van der Waals surface area contributed by atoms with E-state index in [1.807, 2.05) is 43.9 Å². The number of nitrogens with zero attached hydrogens (tertiary/aromatic N) is 5. The lowest BCUT2D eigenvalue weighted by atomic mass is 9.84. The molecule has 4 aromatic rings. The summed E-state index contributed by atoms with van der Waals surface area (Å²) in [5, 5.41) is 19.9. The van der Waals surface area contributed by atoms with Crippen molar-refractivity contribution < 1.29 is 38.6 Å². The Balaban J connectivity index is 1.19. The number of carbonyl (C=O) groups is 5. The third kappa shape index (κ3) is 10.4. The van der Waals surface area contributed by atoms with Gasteiger partial charge in [-0.3, -0.25) is 34.0 Å². The summed E-state index contributed by atoms with van der Waals surface area (Å²) in [6, 6.07) is 12.5. The molecule has 5 atom stereocenters. The number of carbonyl (C=O) groups excluding carboxylic acids is 5. The van der Waals surface area contributed by atoms with Gasteiger partial charge in [-0.15, -0.1) is 0 Å². The highest BCUT2D eigenvalue weighted by atomic mass is 16.5. The number of hydrazine groups is 1. The van der Waals surface area contributed by atoms with E-state index in [0.29, 0.717) is 63.8 Å². The fraction of sp³-hybridized carbons (Fsp3) is 0.538. The minimum atomic E-state index is -1.15. The molecule has 6 bridgehead atoms. The standard InChI is InChI=1S/C52H68N8O8/c1-8-58-43-17-16-34-27-38(43)39(47(58)37-13-9-18-53-45(37)32(4)67-7)28-52(5,6)30-68-51(66)40-14-10-22-60(56-40)50(65)41(25-33-23-35(34)26-36(61)24-33)55-48(63)46(31(2)3)59-21-12-20-57(19-11-15-44(59)62)49(64)42-29-54-42/h9,13,16-18,23-24,26-27,31-32,40-42,46,54,56,61H,8,10-12,14-15,19-22,25,28-30H2,1-7H3,(H,55,63)/t32-,40-,41-,42+,46?/m0/s1. The van der Waals surface area contributed by atoms with Crippen LogP contribution in [0.4, 0.5) is 0 Å². The van der Waals surface area contributed by atoms with Gasteiger partial charge in [0.15, 0.2) is 0 Å². The van der Waals surface area contributed by atoms with Gasteiger partial charge in [0.1, 0.15) is 23.9 Å². The molecule has 3 fully saturated rings. The van der Waals surface area contributed by atoms with Crippen LogP contribution < -0.4 is 16.1 Å². The van der Waals surface area contributed by atoms with Crippen LogP contribution in [0.25, 0.3) is 33.3 Å². The molecule has 8 rings (SSSR count). The average molecular weight is 933 g/mol. The third-order valence-corrected chi connectivity index (χ3v) is 13.9. The highest BCUT2D eigenvalue weighted by Crippen LogP contribution is 2.42. The Morgan fingerprint density at radius 2 is 1.78 bits per heavy atom. The topological polar surface area (TPSA) is 198 Å². The van der Waals surface area contributed by atoms with Gasteiger partial charge >= 0.3 is 5.97 Å². The molecule has 0 spiro atoms. The fourth-order valence-electron chi connectivity index (χ4n) is 10.3. The number of aromatic nitrogens is 2. The molecule has 2 aromatic heterocycles. The molecule has 0 radical (unpaired) electrons. The molecule has 16 nitrogen and oxygen atoms in total. The first-order chi connectivity index (χ1) is 32.6. The largest absolute Gasteiger partial charge is 0.508 e. The number of aryl methyl sites for hydroxylation is 1. The van der Waals surface area contributed by atoms with E-state index in [2.05, 4.69) is 59.6 Å². The van der Waals surface area contributed by atoms with E-state index in [0.717, 1.165) is 44.5 Å². The molecule has 364 valence electrons. The van der Waals surface area contributed by atoms with Crippen molar-refractivity contribution in [2.24, 2.45) is 11.3 Å². The van der Waals surface area contributed by atoms with Gasteiger partial charge in [-0.1, -0.05) is 39.8 Å². The summed E-state index contributed by atoms with van der Waals surface area (Å²) in [6.07, 6.45) is 4.15. The second-order valence-corrected chi connectivity index (χ2v) is 20.1. The highest BCUT2D eigenvalue weighted by Gasteiger charge is 2.40. The first-order valence-electron chi connectivity index (χ1n) is 24.4. The van der Waals surface area contributed by atoms with Crippen LogP contribution in [0.15, 0.2) is 54.7 Å². The summed E-state index contributed by atoms with van der Waals surface area (Å²) in [5.74, 6) is -1.88. The lowest BCUT2D eigenvalue weighted by Gasteiger charge is -2.37. The number of amides is 4. The van der Waals surface area contributed by atoms with Gasteiger partial charge in [0.25, 0.3) is 5.91 Å². The Labute approximate surface area is 399 Å². The quantitative estimate of drug-likeness (QED) is 0.126. The molecule has 1 unspecified atom stereocenters. The summed E-state index contributed by atoms with van der Waals surface area (Å²) in [4.78, 5) is 78.6. The van der Waals surface area contributed by atoms with Gasteiger partial charge < -0.3 is 39.6 Å². The smallest absolute Gasteiger partial charge is 0.324 e. The second kappa shape index (κ2) is 20.4. The minimum Gasteiger partial charge on any atom is -0.508 e. The second-order valence-electron chi connectivity index (χ2n) is 20.1. The first-order valence-corrected chi connectivity index (χ1v) is 24.4. The number of ether oxygens (including phenoxy) is 2. The van der Waals surface area contributed by atoms with E-state index in [4.69, 9.17) is 14.5 Å².